The van der Waals surface area contributed by atoms with Gasteiger partial charge in [-0.3, -0.25) is 4.79 Å². The summed E-state index contributed by atoms with van der Waals surface area (Å²) in [5.41, 5.74) is 3.17. The van der Waals surface area contributed by atoms with Gasteiger partial charge in [-0.05, 0) is 82.9 Å². The Hall–Kier alpha value is -5.17. The highest BCUT2D eigenvalue weighted by Gasteiger charge is 2.06. The number of aliphatic hydroxyl groups is 1. The minimum absolute atomic E-state index is 0.209. The van der Waals surface area contributed by atoms with Crippen molar-refractivity contribution in [2.75, 3.05) is 7.11 Å². The molecule has 0 aliphatic heterocycles. The summed E-state index contributed by atoms with van der Waals surface area (Å²) in [4.78, 5) is 12.3. The Balaban J connectivity index is 1.28. The zero-order chi connectivity index (χ0) is 29.0. The average molecular weight is 555 g/mol. The number of methoxy groups -OCH3 is 1. The molecule has 0 saturated carbocycles. The first-order valence-electron chi connectivity index (χ1n) is 12.7. The van der Waals surface area contributed by atoms with E-state index in [2.05, 4.69) is 0 Å². The molecular formula is C34H28F2O5. The Morgan fingerprint density at radius 1 is 0.707 bits per heavy atom. The van der Waals surface area contributed by atoms with E-state index in [-0.39, 0.29) is 29.8 Å². The Bertz CT molecular complexity index is 1540. The smallest absolute Gasteiger partial charge is 0.182 e. The van der Waals surface area contributed by atoms with Crippen molar-refractivity contribution in [3.63, 3.8) is 0 Å². The molecule has 0 radical (unpaired) electrons. The molecule has 7 heteroatoms. The molecule has 0 saturated heterocycles. The van der Waals surface area contributed by atoms with E-state index in [4.69, 9.17) is 14.2 Å². The second-order valence-electron chi connectivity index (χ2n) is 8.95. The summed E-state index contributed by atoms with van der Waals surface area (Å²) in [5, 5.41) is 10.2. The first kappa shape index (κ1) is 28.8. The van der Waals surface area contributed by atoms with Crippen LogP contribution in [0.25, 0.3) is 12.2 Å². The second-order valence-corrected chi connectivity index (χ2v) is 8.95. The molecule has 0 spiro atoms. The van der Waals surface area contributed by atoms with Crippen LogP contribution in [-0.2, 0) is 18.0 Å². The number of halogens is 2. The minimum atomic E-state index is -0.383. The summed E-state index contributed by atoms with van der Waals surface area (Å²) in [7, 11) is 1.52. The summed E-state index contributed by atoms with van der Waals surface area (Å²) >= 11 is 0. The normalized spacial score (nSPS) is 11.6. The highest BCUT2D eigenvalue weighted by Crippen LogP contribution is 2.29. The summed E-state index contributed by atoms with van der Waals surface area (Å²) in [6.45, 7) is 0.564. The minimum Gasteiger partial charge on any atom is -0.508 e. The number of ketones is 1. The number of aliphatic hydroxyl groups excluding tert-OH is 1. The van der Waals surface area contributed by atoms with Crippen LogP contribution >= 0.6 is 0 Å². The third kappa shape index (κ3) is 9.21. The lowest BCUT2D eigenvalue weighted by Crippen LogP contribution is -1.98. The third-order valence-electron chi connectivity index (χ3n) is 5.87. The molecule has 4 rings (SSSR count). The van der Waals surface area contributed by atoms with Crippen LogP contribution in [0.5, 0.6) is 17.2 Å². The number of hydrogen-bond acceptors (Lipinski definition) is 5. The summed E-state index contributed by atoms with van der Waals surface area (Å²) in [6, 6.07) is 24.5. The average Bonchev–Trinajstić information content (AvgIpc) is 2.99. The van der Waals surface area contributed by atoms with E-state index in [1.54, 1.807) is 78.9 Å². The quantitative estimate of drug-likeness (QED) is 0.110. The molecule has 1 N–H and O–H groups in total. The standard InChI is InChI=1S/C34H28F2O5/c1-39-34-20-25(10-19-33(34)41-23-27-4-13-29(36)14-5-27)7-16-31(38)21-30(37)15-6-24-8-17-32(18-9-24)40-22-26-2-11-28(35)12-3-26/h2-21,38H,22-23H2,1H3/b15-6+,16-7+,31-21-. The van der Waals surface area contributed by atoms with Crippen molar-refractivity contribution >= 4 is 17.9 Å². The van der Waals surface area contributed by atoms with E-state index in [0.29, 0.717) is 23.9 Å². The predicted molar refractivity (Wildman–Crippen MR) is 155 cm³/mol. The fourth-order valence-electron chi connectivity index (χ4n) is 3.67. The number of hydrogen-bond donors (Lipinski definition) is 1. The lowest BCUT2D eigenvalue weighted by Gasteiger charge is -2.11. The molecule has 5 nitrogen and oxygen atoms in total. The SMILES string of the molecule is COc1cc(/C=C/C(O)=C/C(=O)/C=C/c2ccc(OCc3ccc(F)cc3)cc2)ccc1OCc1ccc(F)cc1. The van der Waals surface area contributed by atoms with Crippen LogP contribution in [0, 0.1) is 11.6 Å². The maximum atomic E-state index is 13.1. The van der Waals surface area contributed by atoms with E-state index in [1.165, 1.54) is 43.5 Å². The summed E-state index contributed by atoms with van der Waals surface area (Å²) < 4.78 is 43.0. The number of carbonyl (C=O) groups excluding carboxylic acids is 1. The van der Waals surface area contributed by atoms with Crippen LogP contribution in [-0.4, -0.2) is 18.0 Å². The van der Waals surface area contributed by atoms with Gasteiger partial charge in [0.25, 0.3) is 0 Å². The highest BCUT2D eigenvalue weighted by atomic mass is 19.1. The molecule has 0 aliphatic rings. The fraction of sp³-hybridized carbons (Fsp3) is 0.0882. The maximum Gasteiger partial charge on any atom is 0.182 e. The van der Waals surface area contributed by atoms with Gasteiger partial charge in [-0.2, -0.15) is 0 Å². The lowest BCUT2D eigenvalue weighted by molar-refractivity contribution is -0.110. The van der Waals surface area contributed by atoms with E-state index in [1.807, 2.05) is 0 Å². The molecular weight excluding hydrogens is 526 g/mol. The van der Waals surface area contributed by atoms with Crippen molar-refractivity contribution in [1.82, 2.24) is 0 Å². The number of rotatable bonds is 12. The predicted octanol–water partition coefficient (Wildman–Crippen LogP) is 7.87. The number of carbonyl (C=O) groups is 1. The number of benzene rings is 4. The van der Waals surface area contributed by atoms with E-state index in [0.717, 1.165) is 28.3 Å². The second kappa shape index (κ2) is 14.3. The Morgan fingerprint density at radius 3 is 1.88 bits per heavy atom. The molecule has 0 aromatic heterocycles. The number of allylic oxidation sites excluding steroid dienone is 3. The van der Waals surface area contributed by atoms with Gasteiger partial charge in [0.15, 0.2) is 17.3 Å². The van der Waals surface area contributed by atoms with Gasteiger partial charge in [0.1, 0.15) is 36.4 Å². The third-order valence-corrected chi connectivity index (χ3v) is 5.87. The Kier molecular flexibility index (Phi) is 10.0. The molecule has 0 aliphatic carbocycles. The van der Waals surface area contributed by atoms with Gasteiger partial charge in [-0.1, -0.05) is 54.6 Å². The van der Waals surface area contributed by atoms with Gasteiger partial charge in [0.05, 0.1) is 7.11 Å². The van der Waals surface area contributed by atoms with Crippen molar-refractivity contribution in [2.24, 2.45) is 0 Å². The summed E-state index contributed by atoms with van der Waals surface area (Å²) in [5.74, 6) is 0.451. The zero-order valence-corrected chi connectivity index (χ0v) is 22.3. The van der Waals surface area contributed by atoms with Gasteiger partial charge >= 0.3 is 0 Å². The Labute approximate surface area is 237 Å². The van der Waals surface area contributed by atoms with Gasteiger partial charge in [0.2, 0.25) is 0 Å². The zero-order valence-electron chi connectivity index (χ0n) is 22.3. The maximum absolute atomic E-state index is 13.1. The van der Waals surface area contributed by atoms with Crippen LogP contribution in [0.15, 0.2) is 115 Å². The molecule has 4 aromatic rings. The van der Waals surface area contributed by atoms with Gasteiger partial charge < -0.3 is 19.3 Å². The van der Waals surface area contributed by atoms with E-state index < -0.39 is 0 Å². The number of ether oxygens (including phenoxy) is 3. The molecule has 0 unspecified atom stereocenters. The van der Waals surface area contributed by atoms with E-state index >= 15 is 0 Å². The van der Waals surface area contributed by atoms with Crippen LogP contribution < -0.4 is 14.2 Å². The highest BCUT2D eigenvalue weighted by molar-refractivity contribution is 6.02. The molecule has 208 valence electrons. The molecule has 0 atom stereocenters. The van der Waals surface area contributed by atoms with Crippen LogP contribution in [0.2, 0.25) is 0 Å². The molecule has 0 bridgehead atoms. The van der Waals surface area contributed by atoms with Crippen molar-refractivity contribution in [3.05, 3.63) is 149 Å². The first-order valence-corrected chi connectivity index (χ1v) is 12.7. The van der Waals surface area contributed by atoms with Crippen LogP contribution in [0.1, 0.15) is 22.3 Å². The lowest BCUT2D eigenvalue weighted by atomic mass is 10.1. The first-order chi connectivity index (χ1) is 19.9. The van der Waals surface area contributed by atoms with E-state index in [9.17, 15) is 18.7 Å². The molecule has 41 heavy (non-hydrogen) atoms. The molecule has 0 fully saturated rings. The molecule has 0 heterocycles. The van der Waals surface area contributed by atoms with Crippen molar-refractivity contribution in [2.45, 2.75) is 13.2 Å². The molecule has 4 aromatic carbocycles. The van der Waals surface area contributed by atoms with Crippen LogP contribution in [0.4, 0.5) is 8.78 Å². The Morgan fingerprint density at radius 2 is 1.27 bits per heavy atom. The van der Waals surface area contributed by atoms with Crippen LogP contribution in [0.3, 0.4) is 0 Å². The summed E-state index contributed by atoms with van der Waals surface area (Å²) in [6.07, 6.45) is 7.15. The van der Waals surface area contributed by atoms with Crippen molar-refractivity contribution < 1.29 is 32.9 Å². The van der Waals surface area contributed by atoms with Crippen molar-refractivity contribution in [3.8, 4) is 17.2 Å². The molecule has 0 amide bonds. The fourth-order valence-corrected chi connectivity index (χ4v) is 3.67. The largest absolute Gasteiger partial charge is 0.508 e. The van der Waals surface area contributed by atoms with Gasteiger partial charge in [-0.25, -0.2) is 8.78 Å². The van der Waals surface area contributed by atoms with Gasteiger partial charge in [0, 0.05) is 6.08 Å². The van der Waals surface area contributed by atoms with Crippen molar-refractivity contribution in [1.29, 1.82) is 0 Å². The topological polar surface area (TPSA) is 65.0 Å². The monoisotopic (exact) mass is 554 g/mol. The van der Waals surface area contributed by atoms with Gasteiger partial charge in [-0.15, -0.1) is 0 Å².